The summed E-state index contributed by atoms with van der Waals surface area (Å²) in [5.74, 6) is 0. The van der Waals surface area contributed by atoms with Gasteiger partial charge in [-0.25, -0.2) is 8.78 Å². The second-order valence-electron chi connectivity index (χ2n) is 2.73. The number of hydrogen-bond acceptors (Lipinski definition) is 1. The van der Waals surface area contributed by atoms with E-state index in [0.29, 0.717) is 14.9 Å². The molecule has 0 spiro atoms. The van der Waals surface area contributed by atoms with Crippen LogP contribution in [0.4, 0.5) is 8.78 Å². The van der Waals surface area contributed by atoms with E-state index in [2.05, 4.69) is 15.9 Å². The highest BCUT2D eigenvalue weighted by atomic mass is 79.9. The third-order valence-electron chi connectivity index (χ3n) is 1.90. The summed E-state index contributed by atoms with van der Waals surface area (Å²) < 4.78 is 26.4. The van der Waals surface area contributed by atoms with E-state index in [0.717, 1.165) is 4.70 Å². The lowest BCUT2D eigenvalue weighted by molar-refractivity contribution is 0.151. The van der Waals surface area contributed by atoms with Crippen LogP contribution in [-0.2, 0) is 0 Å². The molecule has 1 aromatic heterocycles. The molecule has 14 heavy (non-hydrogen) atoms. The summed E-state index contributed by atoms with van der Waals surface area (Å²) in [4.78, 5) is 0. The van der Waals surface area contributed by atoms with Gasteiger partial charge in [0.1, 0.15) is 0 Å². The van der Waals surface area contributed by atoms with Gasteiger partial charge in [-0.3, -0.25) is 0 Å². The Morgan fingerprint density at radius 3 is 2.71 bits per heavy atom. The van der Waals surface area contributed by atoms with Crippen molar-refractivity contribution in [3.8, 4) is 0 Å². The fourth-order valence-electron chi connectivity index (χ4n) is 1.24. The smallest absolute Gasteiger partial charge is 0.205 e. The van der Waals surface area contributed by atoms with Crippen molar-refractivity contribution in [2.45, 2.75) is 6.43 Å². The van der Waals surface area contributed by atoms with Gasteiger partial charge in [0.05, 0.1) is 5.02 Å². The Labute approximate surface area is 96.6 Å². The van der Waals surface area contributed by atoms with Gasteiger partial charge < -0.3 is 0 Å². The summed E-state index contributed by atoms with van der Waals surface area (Å²) in [6.45, 7) is 0. The summed E-state index contributed by atoms with van der Waals surface area (Å²) in [5.41, 5.74) is -0.0159. The minimum absolute atomic E-state index is 0.0159. The van der Waals surface area contributed by atoms with Crippen molar-refractivity contribution < 1.29 is 8.78 Å². The molecule has 2 aromatic rings. The molecule has 74 valence electrons. The molecule has 0 radical (unpaired) electrons. The predicted molar refractivity (Wildman–Crippen MR) is 59.5 cm³/mol. The molecule has 0 saturated carbocycles. The van der Waals surface area contributed by atoms with Gasteiger partial charge in [-0.2, -0.15) is 0 Å². The number of fused-ring (bicyclic) bond motifs is 1. The second-order valence-corrected chi connectivity index (χ2v) is 4.84. The Bertz CT molecular complexity index is 481. The van der Waals surface area contributed by atoms with E-state index >= 15 is 0 Å². The van der Waals surface area contributed by atoms with Gasteiger partial charge in [-0.1, -0.05) is 17.7 Å². The first-order valence-electron chi connectivity index (χ1n) is 3.74. The average Bonchev–Trinajstić information content (AvgIpc) is 2.48. The quantitative estimate of drug-likeness (QED) is 0.674. The highest BCUT2D eigenvalue weighted by molar-refractivity contribution is 9.10. The highest BCUT2D eigenvalue weighted by Gasteiger charge is 2.16. The van der Waals surface area contributed by atoms with Gasteiger partial charge >= 0.3 is 0 Å². The minimum atomic E-state index is -2.48. The molecule has 1 aromatic carbocycles. The van der Waals surface area contributed by atoms with Crippen molar-refractivity contribution in [1.82, 2.24) is 0 Å². The molecule has 0 aliphatic rings. The molecule has 0 aliphatic heterocycles. The maximum atomic E-state index is 12.5. The van der Waals surface area contributed by atoms with Crippen LogP contribution < -0.4 is 0 Å². The first kappa shape index (κ1) is 10.3. The molecule has 0 bridgehead atoms. The molecule has 0 unspecified atom stereocenters. The van der Waals surface area contributed by atoms with Gasteiger partial charge in [0, 0.05) is 25.5 Å². The fourth-order valence-corrected chi connectivity index (χ4v) is 3.43. The second kappa shape index (κ2) is 3.76. The molecule has 1 heterocycles. The SMILES string of the molecule is FC(F)c1ccc2scc(Cl)c2c1Br. The molecule has 5 heteroatoms. The number of hydrogen-bond donors (Lipinski definition) is 0. The van der Waals surface area contributed by atoms with Crippen molar-refractivity contribution in [2.75, 3.05) is 0 Å². The zero-order valence-electron chi connectivity index (χ0n) is 6.73. The van der Waals surface area contributed by atoms with Crippen molar-refractivity contribution >= 4 is 49.0 Å². The van der Waals surface area contributed by atoms with Crippen LogP contribution in [0.15, 0.2) is 22.0 Å². The lowest BCUT2D eigenvalue weighted by atomic mass is 10.2. The lowest BCUT2D eigenvalue weighted by Crippen LogP contribution is -1.85. The van der Waals surface area contributed by atoms with Gasteiger partial charge in [0.2, 0.25) is 0 Å². The summed E-state index contributed by atoms with van der Waals surface area (Å²) >= 11 is 10.5. The standard InChI is InChI=1S/C9H4BrClF2S/c10-8-4(9(12)13)1-2-6-7(8)5(11)3-14-6/h1-3,9H. The van der Waals surface area contributed by atoms with Gasteiger partial charge in [-0.05, 0) is 22.0 Å². The zero-order chi connectivity index (χ0) is 10.3. The van der Waals surface area contributed by atoms with Crippen LogP contribution >= 0.6 is 38.9 Å². The van der Waals surface area contributed by atoms with Crippen LogP contribution in [0, 0.1) is 0 Å². The molecular weight excluding hydrogens is 294 g/mol. The molecule has 0 saturated heterocycles. The molecule has 0 aliphatic carbocycles. The van der Waals surface area contributed by atoms with E-state index in [4.69, 9.17) is 11.6 Å². The number of benzene rings is 1. The van der Waals surface area contributed by atoms with E-state index < -0.39 is 6.43 Å². The van der Waals surface area contributed by atoms with E-state index in [1.54, 1.807) is 11.4 Å². The summed E-state index contributed by atoms with van der Waals surface area (Å²) in [6, 6.07) is 3.09. The van der Waals surface area contributed by atoms with Crippen LogP contribution in [0.3, 0.4) is 0 Å². The Morgan fingerprint density at radius 2 is 2.07 bits per heavy atom. The molecule has 2 rings (SSSR count). The first-order chi connectivity index (χ1) is 6.61. The van der Waals surface area contributed by atoms with Crippen molar-refractivity contribution in [1.29, 1.82) is 0 Å². The molecular formula is C9H4BrClF2S. The van der Waals surface area contributed by atoms with Crippen molar-refractivity contribution in [3.63, 3.8) is 0 Å². The first-order valence-corrected chi connectivity index (χ1v) is 5.79. The van der Waals surface area contributed by atoms with Gasteiger partial charge in [0.25, 0.3) is 6.43 Å². The number of thiophene rings is 1. The number of rotatable bonds is 1. The Kier molecular flexibility index (Phi) is 2.77. The largest absolute Gasteiger partial charge is 0.264 e. The van der Waals surface area contributed by atoms with Crippen LogP contribution in [0.2, 0.25) is 5.02 Å². The van der Waals surface area contributed by atoms with Gasteiger partial charge in [-0.15, -0.1) is 11.3 Å². The normalized spacial score (nSPS) is 11.5. The van der Waals surface area contributed by atoms with E-state index in [9.17, 15) is 8.78 Å². The molecule has 0 nitrogen and oxygen atoms in total. The van der Waals surface area contributed by atoms with E-state index in [1.165, 1.54) is 17.4 Å². The number of halogens is 4. The zero-order valence-corrected chi connectivity index (χ0v) is 9.89. The minimum Gasteiger partial charge on any atom is -0.205 e. The summed E-state index contributed by atoms with van der Waals surface area (Å²) in [7, 11) is 0. The molecule has 0 amide bonds. The van der Waals surface area contributed by atoms with E-state index in [1.807, 2.05) is 0 Å². The van der Waals surface area contributed by atoms with Gasteiger partial charge in [0.15, 0.2) is 0 Å². The van der Waals surface area contributed by atoms with Crippen LogP contribution in [0.5, 0.6) is 0 Å². The Morgan fingerprint density at radius 1 is 1.36 bits per heavy atom. The average molecular weight is 298 g/mol. The topological polar surface area (TPSA) is 0 Å². The Balaban J connectivity index is 2.79. The third-order valence-corrected chi connectivity index (χ3v) is 4.13. The summed E-state index contributed by atoms with van der Waals surface area (Å²) in [6.07, 6.45) is -2.48. The third kappa shape index (κ3) is 1.55. The lowest BCUT2D eigenvalue weighted by Gasteiger charge is -2.04. The fraction of sp³-hybridized carbons (Fsp3) is 0.111. The number of alkyl halides is 2. The van der Waals surface area contributed by atoms with E-state index in [-0.39, 0.29) is 5.56 Å². The summed E-state index contributed by atoms with van der Waals surface area (Å²) in [5, 5.41) is 2.93. The van der Waals surface area contributed by atoms with Crippen LogP contribution in [-0.4, -0.2) is 0 Å². The van der Waals surface area contributed by atoms with Crippen molar-refractivity contribution in [2.24, 2.45) is 0 Å². The predicted octanol–water partition coefficient (Wildman–Crippen LogP) is 5.25. The highest BCUT2D eigenvalue weighted by Crippen LogP contribution is 2.40. The van der Waals surface area contributed by atoms with Crippen LogP contribution in [0.25, 0.3) is 10.1 Å². The maximum absolute atomic E-state index is 12.5. The maximum Gasteiger partial charge on any atom is 0.264 e. The molecule has 0 N–H and O–H groups in total. The molecule has 0 fully saturated rings. The Hall–Kier alpha value is -0.190. The van der Waals surface area contributed by atoms with Crippen molar-refractivity contribution in [3.05, 3.63) is 32.6 Å². The monoisotopic (exact) mass is 296 g/mol. The molecule has 0 atom stereocenters. The van der Waals surface area contributed by atoms with Crippen LogP contribution in [0.1, 0.15) is 12.0 Å².